The average Bonchev–Trinajstić information content (AvgIpc) is 2.45. The zero-order chi connectivity index (χ0) is 15.2. The first kappa shape index (κ1) is 16.0. The van der Waals surface area contributed by atoms with Crippen molar-refractivity contribution in [3.8, 4) is 0 Å². The summed E-state index contributed by atoms with van der Waals surface area (Å²) in [5.41, 5.74) is 0.849. The van der Waals surface area contributed by atoms with Gasteiger partial charge >= 0.3 is 12.0 Å². The fraction of sp³-hybridized carbons (Fsp3) is 0.467. The molecule has 0 aromatic heterocycles. The Bertz CT molecular complexity index is 488. The summed E-state index contributed by atoms with van der Waals surface area (Å²) in [7, 11) is 0. The lowest BCUT2D eigenvalue weighted by Crippen LogP contribution is -2.42. The van der Waals surface area contributed by atoms with Crippen molar-refractivity contribution >= 4 is 17.7 Å². The van der Waals surface area contributed by atoms with Crippen LogP contribution in [0.2, 0.25) is 0 Å². The van der Waals surface area contributed by atoms with Gasteiger partial charge in [0.05, 0.1) is 5.41 Å². The molecule has 0 heterocycles. The summed E-state index contributed by atoms with van der Waals surface area (Å²) in [5.74, 6) is -0.908. The predicted molar refractivity (Wildman–Crippen MR) is 78.9 cm³/mol. The van der Waals surface area contributed by atoms with Crippen LogP contribution in [-0.2, 0) is 11.2 Å². The van der Waals surface area contributed by atoms with E-state index in [1.165, 1.54) is 0 Å². The van der Waals surface area contributed by atoms with Crippen LogP contribution in [0.1, 0.15) is 32.8 Å². The van der Waals surface area contributed by atoms with E-state index in [9.17, 15) is 9.59 Å². The van der Waals surface area contributed by atoms with Crippen molar-refractivity contribution in [2.45, 2.75) is 33.6 Å². The first-order chi connectivity index (χ1) is 9.42. The second-order valence-electron chi connectivity index (χ2n) is 5.04. The number of urea groups is 1. The van der Waals surface area contributed by atoms with Crippen molar-refractivity contribution in [3.05, 3.63) is 29.8 Å². The molecule has 0 bridgehead atoms. The molecule has 1 aromatic rings. The van der Waals surface area contributed by atoms with Crippen molar-refractivity contribution < 1.29 is 14.7 Å². The van der Waals surface area contributed by atoms with Crippen molar-refractivity contribution in [3.63, 3.8) is 0 Å². The van der Waals surface area contributed by atoms with E-state index < -0.39 is 11.4 Å². The molecule has 20 heavy (non-hydrogen) atoms. The maximum Gasteiger partial charge on any atom is 0.319 e. The number of para-hydroxylation sites is 1. The van der Waals surface area contributed by atoms with Gasteiger partial charge in [-0.3, -0.25) is 4.79 Å². The van der Waals surface area contributed by atoms with Gasteiger partial charge in [0.1, 0.15) is 0 Å². The Morgan fingerprint density at radius 1 is 1.25 bits per heavy atom. The first-order valence-corrected chi connectivity index (χ1v) is 6.79. The molecule has 0 fully saturated rings. The maximum atomic E-state index is 11.9. The number of carboxylic acid groups (broad SMARTS) is 1. The minimum Gasteiger partial charge on any atom is -0.481 e. The third kappa shape index (κ3) is 3.98. The normalized spacial score (nSPS) is 13.3. The highest BCUT2D eigenvalue weighted by Gasteiger charge is 2.31. The van der Waals surface area contributed by atoms with Crippen molar-refractivity contribution in [1.82, 2.24) is 5.32 Å². The number of carbonyl (C=O) groups excluding carboxylic acids is 1. The van der Waals surface area contributed by atoms with Crippen molar-refractivity contribution in [1.29, 1.82) is 0 Å². The Kier molecular flexibility index (Phi) is 5.55. The summed E-state index contributed by atoms with van der Waals surface area (Å²) >= 11 is 0. The van der Waals surface area contributed by atoms with Gasteiger partial charge in [-0.05, 0) is 31.4 Å². The van der Waals surface area contributed by atoms with E-state index in [2.05, 4.69) is 10.6 Å². The van der Waals surface area contributed by atoms with E-state index in [0.717, 1.165) is 17.7 Å². The molecule has 0 spiro atoms. The third-order valence-corrected chi connectivity index (χ3v) is 3.58. The van der Waals surface area contributed by atoms with E-state index >= 15 is 0 Å². The van der Waals surface area contributed by atoms with Gasteiger partial charge in [0.2, 0.25) is 0 Å². The van der Waals surface area contributed by atoms with E-state index in [4.69, 9.17) is 5.11 Å². The molecule has 0 saturated carbocycles. The minimum absolute atomic E-state index is 0.0962. The highest BCUT2D eigenvalue weighted by molar-refractivity contribution is 5.90. The fourth-order valence-electron chi connectivity index (χ4n) is 1.74. The average molecular weight is 278 g/mol. The Labute approximate surface area is 119 Å². The molecule has 0 saturated heterocycles. The van der Waals surface area contributed by atoms with Crippen LogP contribution in [0.25, 0.3) is 0 Å². The van der Waals surface area contributed by atoms with Gasteiger partial charge in [-0.15, -0.1) is 0 Å². The number of carbonyl (C=O) groups is 2. The number of anilines is 1. The number of hydrogen-bond acceptors (Lipinski definition) is 2. The van der Waals surface area contributed by atoms with Gasteiger partial charge in [-0.2, -0.15) is 0 Å². The SMILES string of the molecule is CCc1ccccc1NC(=O)NCC(C)(CC)C(=O)O. The number of nitrogens with one attached hydrogen (secondary N) is 2. The van der Waals surface area contributed by atoms with E-state index in [1.807, 2.05) is 31.2 Å². The van der Waals surface area contributed by atoms with E-state index in [-0.39, 0.29) is 12.6 Å². The quantitative estimate of drug-likeness (QED) is 0.748. The molecule has 0 radical (unpaired) electrons. The lowest BCUT2D eigenvalue weighted by Gasteiger charge is -2.23. The standard InChI is InChI=1S/C15H22N2O3/c1-4-11-8-6-7-9-12(11)17-14(20)16-10-15(3,5-2)13(18)19/h6-9H,4-5,10H2,1-3H3,(H,18,19)(H2,16,17,20). The summed E-state index contributed by atoms with van der Waals surface area (Å²) in [6, 6.07) is 7.16. The van der Waals surface area contributed by atoms with Crippen LogP contribution in [0.3, 0.4) is 0 Å². The zero-order valence-corrected chi connectivity index (χ0v) is 12.2. The molecule has 1 unspecified atom stereocenters. The monoisotopic (exact) mass is 278 g/mol. The van der Waals surface area contributed by atoms with Crippen molar-refractivity contribution in [2.75, 3.05) is 11.9 Å². The molecule has 0 aliphatic rings. The highest BCUT2D eigenvalue weighted by Crippen LogP contribution is 2.20. The summed E-state index contributed by atoms with van der Waals surface area (Å²) in [6.07, 6.45) is 1.27. The smallest absolute Gasteiger partial charge is 0.319 e. The molecule has 0 aliphatic carbocycles. The van der Waals surface area contributed by atoms with Crippen LogP contribution < -0.4 is 10.6 Å². The van der Waals surface area contributed by atoms with Gasteiger partial charge in [0.15, 0.2) is 0 Å². The Balaban J connectivity index is 2.62. The molecule has 5 heteroatoms. The molecule has 3 N–H and O–H groups in total. The number of carboxylic acids is 1. The molecule has 5 nitrogen and oxygen atoms in total. The summed E-state index contributed by atoms with van der Waals surface area (Å²) in [5, 5.41) is 14.5. The van der Waals surface area contributed by atoms with Gasteiger partial charge in [0.25, 0.3) is 0 Å². The Hall–Kier alpha value is -2.04. The highest BCUT2D eigenvalue weighted by atomic mass is 16.4. The van der Waals surface area contributed by atoms with Crippen LogP contribution in [0, 0.1) is 5.41 Å². The number of benzene rings is 1. The molecule has 1 aromatic carbocycles. The van der Waals surface area contributed by atoms with Gasteiger partial charge in [0, 0.05) is 12.2 Å². The molecule has 110 valence electrons. The zero-order valence-electron chi connectivity index (χ0n) is 12.2. The topological polar surface area (TPSA) is 78.4 Å². The van der Waals surface area contributed by atoms with E-state index in [0.29, 0.717) is 6.42 Å². The van der Waals surface area contributed by atoms with Gasteiger partial charge in [-0.25, -0.2) is 4.79 Å². The van der Waals surface area contributed by atoms with Crippen LogP contribution in [-0.4, -0.2) is 23.7 Å². The molecule has 1 rings (SSSR count). The molecule has 1 atom stereocenters. The molecule has 0 aliphatic heterocycles. The van der Waals surface area contributed by atoms with Crippen LogP contribution >= 0.6 is 0 Å². The number of aliphatic carboxylic acids is 1. The third-order valence-electron chi connectivity index (χ3n) is 3.58. The number of amides is 2. The van der Waals surface area contributed by atoms with Crippen LogP contribution in [0.5, 0.6) is 0 Å². The number of aryl methyl sites for hydroxylation is 1. The second-order valence-corrected chi connectivity index (χ2v) is 5.04. The van der Waals surface area contributed by atoms with Crippen LogP contribution in [0.15, 0.2) is 24.3 Å². The van der Waals surface area contributed by atoms with Gasteiger partial charge in [-0.1, -0.05) is 32.0 Å². The predicted octanol–water partition coefficient (Wildman–Crippen LogP) is 2.87. The molecule has 2 amide bonds. The lowest BCUT2D eigenvalue weighted by atomic mass is 9.88. The largest absolute Gasteiger partial charge is 0.481 e. The maximum absolute atomic E-state index is 11.9. The molecular weight excluding hydrogens is 256 g/mol. The Morgan fingerprint density at radius 2 is 1.90 bits per heavy atom. The van der Waals surface area contributed by atoms with Gasteiger partial charge < -0.3 is 15.7 Å². The lowest BCUT2D eigenvalue weighted by molar-refractivity contribution is -0.147. The van der Waals surface area contributed by atoms with E-state index in [1.54, 1.807) is 13.8 Å². The second kappa shape index (κ2) is 6.93. The fourth-order valence-corrected chi connectivity index (χ4v) is 1.74. The van der Waals surface area contributed by atoms with Crippen LogP contribution in [0.4, 0.5) is 10.5 Å². The summed E-state index contributed by atoms with van der Waals surface area (Å²) in [4.78, 5) is 23.0. The first-order valence-electron chi connectivity index (χ1n) is 6.79. The summed E-state index contributed by atoms with van der Waals surface area (Å²) < 4.78 is 0. The minimum atomic E-state index is -0.943. The van der Waals surface area contributed by atoms with Crippen molar-refractivity contribution in [2.24, 2.45) is 5.41 Å². The number of rotatable bonds is 6. The summed E-state index contributed by atoms with van der Waals surface area (Å²) in [6.45, 7) is 5.52. The molecular formula is C15H22N2O3. The Morgan fingerprint density at radius 3 is 2.45 bits per heavy atom. The number of hydrogen-bond donors (Lipinski definition) is 3.